The zero-order valence-electron chi connectivity index (χ0n) is 12.8. The van der Waals surface area contributed by atoms with Gasteiger partial charge in [-0.25, -0.2) is 0 Å². The fourth-order valence-corrected chi connectivity index (χ4v) is 2.15. The van der Waals surface area contributed by atoms with E-state index in [2.05, 4.69) is 17.3 Å². The number of nitrogen functional groups attached to an aromatic ring is 1. The molecule has 0 aliphatic rings. The molecule has 0 spiro atoms. The monoisotopic (exact) mass is 280 g/mol. The molecule has 0 saturated carbocycles. The van der Waals surface area contributed by atoms with E-state index in [1.165, 1.54) is 32.1 Å². The van der Waals surface area contributed by atoms with E-state index in [9.17, 15) is 4.79 Å². The fraction of sp³-hybridized carbons (Fsp3) is 0.733. The van der Waals surface area contributed by atoms with Crippen molar-refractivity contribution < 1.29 is 4.79 Å². The highest BCUT2D eigenvalue weighted by Gasteiger charge is 2.06. The van der Waals surface area contributed by atoms with Gasteiger partial charge in [-0.15, -0.1) is 0 Å². The van der Waals surface area contributed by atoms with Crippen molar-refractivity contribution in [1.29, 1.82) is 0 Å². The Hall–Kier alpha value is -1.52. The van der Waals surface area contributed by atoms with Gasteiger partial charge in [0.05, 0.1) is 6.20 Å². The summed E-state index contributed by atoms with van der Waals surface area (Å²) in [4.78, 5) is 11.7. The van der Waals surface area contributed by atoms with Crippen LogP contribution in [0.5, 0.6) is 0 Å². The standard InChI is InChI=1S/C15H28N4O/c1-3-4-5-6-7-8-9-10-14(20)17-11-13-12-18-19(2)15(13)16/h12H,3-11,16H2,1-2H3,(H,17,20). The van der Waals surface area contributed by atoms with E-state index in [4.69, 9.17) is 5.73 Å². The van der Waals surface area contributed by atoms with Crippen LogP contribution < -0.4 is 11.1 Å². The zero-order chi connectivity index (χ0) is 14.8. The minimum absolute atomic E-state index is 0.0989. The number of aryl methyl sites for hydroxylation is 1. The SMILES string of the molecule is CCCCCCCCCC(=O)NCc1cnn(C)c1N. The molecule has 1 heterocycles. The summed E-state index contributed by atoms with van der Waals surface area (Å²) in [6, 6.07) is 0. The lowest BCUT2D eigenvalue weighted by Crippen LogP contribution is -2.22. The Kier molecular flexibility index (Phi) is 7.77. The van der Waals surface area contributed by atoms with E-state index in [1.807, 2.05) is 0 Å². The molecule has 1 aromatic rings. The summed E-state index contributed by atoms with van der Waals surface area (Å²) in [5, 5.41) is 6.94. The Bertz CT molecular complexity index is 401. The molecule has 5 heteroatoms. The molecular weight excluding hydrogens is 252 g/mol. The first-order chi connectivity index (χ1) is 9.65. The van der Waals surface area contributed by atoms with Crippen LogP contribution in [-0.2, 0) is 18.4 Å². The number of hydrogen-bond acceptors (Lipinski definition) is 3. The zero-order valence-corrected chi connectivity index (χ0v) is 12.8. The van der Waals surface area contributed by atoms with Crippen molar-refractivity contribution >= 4 is 11.7 Å². The van der Waals surface area contributed by atoms with Gasteiger partial charge in [0.2, 0.25) is 5.91 Å². The molecule has 1 amide bonds. The lowest BCUT2D eigenvalue weighted by atomic mass is 10.1. The topological polar surface area (TPSA) is 72.9 Å². The molecule has 1 aromatic heterocycles. The van der Waals surface area contributed by atoms with Crippen LogP contribution in [0.25, 0.3) is 0 Å². The third-order valence-corrected chi connectivity index (χ3v) is 3.55. The van der Waals surface area contributed by atoms with Gasteiger partial charge in [-0.3, -0.25) is 9.48 Å². The smallest absolute Gasteiger partial charge is 0.220 e. The maximum absolute atomic E-state index is 11.7. The van der Waals surface area contributed by atoms with Crippen LogP contribution in [0, 0.1) is 0 Å². The van der Waals surface area contributed by atoms with E-state index in [-0.39, 0.29) is 5.91 Å². The second kappa shape index (κ2) is 9.39. The van der Waals surface area contributed by atoms with Gasteiger partial charge in [-0.05, 0) is 6.42 Å². The number of carbonyl (C=O) groups excluding carboxylic acids is 1. The van der Waals surface area contributed by atoms with Gasteiger partial charge in [-0.1, -0.05) is 45.4 Å². The second-order valence-electron chi connectivity index (χ2n) is 5.33. The van der Waals surface area contributed by atoms with Crippen molar-refractivity contribution in [2.75, 3.05) is 5.73 Å². The predicted octanol–water partition coefficient (Wildman–Crippen LogP) is 2.76. The highest BCUT2D eigenvalue weighted by atomic mass is 16.1. The minimum atomic E-state index is 0.0989. The summed E-state index contributed by atoms with van der Waals surface area (Å²) >= 11 is 0. The van der Waals surface area contributed by atoms with Crippen LogP contribution in [0.4, 0.5) is 5.82 Å². The van der Waals surface area contributed by atoms with Gasteiger partial charge in [0.1, 0.15) is 5.82 Å². The average molecular weight is 280 g/mol. The number of nitrogens with two attached hydrogens (primary N) is 1. The summed E-state index contributed by atoms with van der Waals surface area (Å²) < 4.78 is 1.61. The Balaban J connectivity index is 2.05. The van der Waals surface area contributed by atoms with Gasteiger partial charge in [-0.2, -0.15) is 5.10 Å². The first-order valence-electron chi connectivity index (χ1n) is 7.68. The summed E-state index contributed by atoms with van der Waals surface area (Å²) in [5.74, 6) is 0.711. The van der Waals surface area contributed by atoms with Crippen molar-refractivity contribution in [3.05, 3.63) is 11.8 Å². The first-order valence-corrected chi connectivity index (χ1v) is 7.68. The number of hydrogen-bond donors (Lipinski definition) is 2. The molecule has 20 heavy (non-hydrogen) atoms. The Morgan fingerprint density at radius 3 is 2.50 bits per heavy atom. The maximum Gasteiger partial charge on any atom is 0.220 e. The lowest BCUT2D eigenvalue weighted by Gasteiger charge is -2.05. The van der Waals surface area contributed by atoms with Crippen molar-refractivity contribution in [2.45, 2.75) is 64.8 Å². The number of amides is 1. The van der Waals surface area contributed by atoms with Crippen LogP contribution in [0.15, 0.2) is 6.20 Å². The number of carbonyl (C=O) groups is 1. The highest BCUT2D eigenvalue weighted by Crippen LogP contribution is 2.10. The first kappa shape index (κ1) is 16.5. The van der Waals surface area contributed by atoms with E-state index < -0.39 is 0 Å². The Labute approximate surface area is 121 Å². The van der Waals surface area contributed by atoms with E-state index >= 15 is 0 Å². The number of rotatable bonds is 10. The molecule has 0 atom stereocenters. The number of anilines is 1. The molecule has 5 nitrogen and oxygen atoms in total. The number of nitrogens with zero attached hydrogens (tertiary/aromatic N) is 2. The molecule has 0 bridgehead atoms. The highest BCUT2D eigenvalue weighted by molar-refractivity contribution is 5.75. The summed E-state index contributed by atoms with van der Waals surface area (Å²) in [7, 11) is 1.79. The van der Waals surface area contributed by atoms with Crippen LogP contribution in [0.3, 0.4) is 0 Å². The molecular formula is C15H28N4O. The molecule has 0 fully saturated rings. The summed E-state index contributed by atoms with van der Waals surface area (Å²) in [5.41, 5.74) is 6.69. The van der Waals surface area contributed by atoms with Gasteiger partial charge in [0.25, 0.3) is 0 Å². The van der Waals surface area contributed by atoms with Crippen LogP contribution in [-0.4, -0.2) is 15.7 Å². The molecule has 0 aliphatic heterocycles. The average Bonchev–Trinajstić information content (AvgIpc) is 2.75. The summed E-state index contributed by atoms with van der Waals surface area (Å²) in [6.45, 7) is 2.69. The maximum atomic E-state index is 11.7. The summed E-state index contributed by atoms with van der Waals surface area (Å²) in [6.07, 6.45) is 10.9. The van der Waals surface area contributed by atoms with E-state index in [0.717, 1.165) is 18.4 Å². The van der Waals surface area contributed by atoms with Gasteiger partial charge in [0, 0.05) is 25.6 Å². The van der Waals surface area contributed by atoms with Crippen molar-refractivity contribution in [1.82, 2.24) is 15.1 Å². The van der Waals surface area contributed by atoms with Crippen LogP contribution in [0.2, 0.25) is 0 Å². The third-order valence-electron chi connectivity index (χ3n) is 3.55. The molecule has 114 valence electrons. The third kappa shape index (κ3) is 6.08. The second-order valence-corrected chi connectivity index (χ2v) is 5.33. The minimum Gasteiger partial charge on any atom is -0.384 e. The largest absolute Gasteiger partial charge is 0.384 e. The van der Waals surface area contributed by atoms with Crippen molar-refractivity contribution in [3.63, 3.8) is 0 Å². The van der Waals surface area contributed by atoms with Gasteiger partial charge in [0.15, 0.2) is 0 Å². The molecule has 3 N–H and O–H groups in total. The van der Waals surface area contributed by atoms with Gasteiger partial charge < -0.3 is 11.1 Å². The molecule has 0 aromatic carbocycles. The quantitative estimate of drug-likeness (QED) is 0.647. The van der Waals surface area contributed by atoms with E-state index in [1.54, 1.807) is 17.9 Å². The van der Waals surface area contributed by atoms with Gasteiger partial charge >= 0.3 is 0 Å². The van der Waals surface area contributed by atoms with Crippen molar-refractivity contribution in [3.8, 4) is 0 Å². The molecule has 0 aliphatic carbocycles. The number of unbranched alkanes of at least 4 members (excludes halogenated alkanes) is 6. The molecule has 0 saturated heterocycles. The molecule has 0 radical (unpaired) electrons. The fourth-order valence-electron chi connectivity index (χ4n) is 2.15. The number of nitrogens with one attached hydrogen (secondary N) is 1. The van der Waals surface area contributed by atoms with Crippen LogP contribution >= 0.6 is 0 Å². The van der Waals surface area contributed by atoms with Crippen LogP contribution in [0.1, 0.15) is 63.9 Å². The Morgan fingerprint density at radius 2 is 1.90 bits per heavy atom. The number of aromatic nitrogens is 2. The van der Waals surface area contributed by atoms with Crippen molar-refractivity contribution in [2.24, 2.45) is 7.05 Å². The Morgan fingerprint density at radius 1 is 1.25 bits per heavy atom. The van der Waals surface area contributed by atoms with E-state index in [0.29, 0.717) is 18.8 Å². The molecule has 0 unspecified atom stereocenters. The predicted molar refractivity (Wildman–Crippen MR) is 82.1 cm³/mol. The molecule has 1 rings (SSSR count). The normalized spacial score (nSPS) is 10.7. The lowest BCUT2D eigenvalue weighted by molar-refractivity contribution is -0.121.